The Morgan fingerprint density at radius 1 is 0.844 bits per heavy atom. The van der Waals surface area contributed by atoms with E-state index in [2.05, 4.69) is 15.9 Å². The van der Waals surface area contributed by atoms with Gasteiger partial charge in [0.05, 0.1) is 11.4 Å². The molecule has 3 aromatic carbocycles. The van der Waals surface area contributed by atoms with E-state index in [-0.39, 0.29) is 11.7 Å². The average Bonchev–Trinajstić information content (AvgIpc) is 3.40. The molecule has 1 amide bonds. The molecule has 0 saturated heterocycles. The zero-order valence-electron chi connectivity index (χ0n) is 16.9. The minimum Gasteiger partial charge on any atom is -0.508 e. The second kappa shape index (κ2) is 8.36. The fourth-order valence-electron chi connectivity index (χ4n) is 3.68. The average molecular weight is 484 g/mol. The highest BCUT2D eigenvalue weighted by molar-refractivity contribution is 9.10. The number of carbonyl (C=O) groups excluding carboxylic acids is 1. The number of hydrogen-bond donors (Lipinski definition) is 1. The van der Waals surface area contributed by atoms with Gasteiger partial charge in [-0.3, -0.25) is 9.69 Å². The molecule has 0 atom stereocenters. The lowest BCUT2D eigenvalue weighted by atomic mass is 10.1. The second-order valence-electron chi connectivity index (χ2n) is 7.36. The van der Waals surface area contributed by atoms with Crippen molar-refractivity contribution >= 4 is 39.3 Å². The number of aromatic hydroxyl groups is 1. The molecule has 1 N–H and O–H groups in total. The van der Waals surface area contributed by atoms with Crippen LogP contribution in [0.15, 0.2) is 112 Å². The van der Waals surface area contributed by atoms with Crippen LogP contribution in [0.25, 0.3) is 23.1 Å². The monoisotopic (exact) mass is 483 g/mol. The highest BCUT2D eigenvalue weighted by Crippen LogP contribution is 2.36. The Morgan fingerprint density at radius 2 is 1.62 bits per heavy atom. The summed E-state index contributed by atoms with van der Waals surface area (Å²) in [5.41, 5.74) is 3.71. The van der Waals surface area contributed by atoms with Crippen molar-refractivity contribution in [3.8, 4) is 17.1 Å². The van der Waals surface area contributed by atoms with Gasteiger partial charge in [0.1, 0.15) is 17.3 Å². The Kier molecular flexibility index (Phi) is 5.25. The van der Waals surface area contributed by atoms with Crippen LogP contribution in [0, 0.1) is 0 Å². The molecule has 0 bridgehead atoms. The van der Waals surface area contributed by atoms with E-state index in [4.69, 9.17) is 4.42 Å². The molecule has 4 aromatic rings. The van der Waals surface area contributed by atoms with Crippen LogP contribution in [-0.2, 0) is 4.79 Å². The van der Waals surface area contributed by atoms with Gasteiger partial charge < -0.3 is 9.52 Å². The van der Waals surface area contributed by atoms with E-state index in [1.807, 2.05) is 72.8 Å². The van der Waals surface area contributed by atoms with Crippen LogP contribution < -0.4 is 4.90 Å². The van der Waals surface area contributed by atoms with Gasteiger partial charge in [0.25, 0.3) is 5.91 Å². The largest absolute Gasteiger partial charge is 0.508 e. The smallest absolute Gasteiger partial charge is 0.263 e. The summed E-state index contributed by atoms with van der Waals surface area (Å²) in [6.45, 7) is 0. The molecule has 0 saturated carbocycles. The second-order valence-corrected chi connectivity index (χ2v) is 8.28. The Hall–Kier alpha value is -3.83. The third-order valence-corrected chi connectivity index (χ3v) is 5.72. The van der Waals surface area contributed by atoms with Crippen LogP contribution in [0.1, 0.15) is 11.3 Å². The third kappa shape index (κ3) is 3.90. The molecule has 1 aliphatic heterocycles. The summed E-state index contributed by atoms with van der Waals surface area (Å²) in [4.78, 5) is 15.0. The lowest BCUT2D eigenvalue weighted by molar-refractivity contribution is -0.113. The number of hydrogen-bond acceptors (Lipinski definition) is 3. The molecule has 1 aliphatic rings. The van der Waals surface area contributed by atoms with Crippen LogP contribution in [0.4, 0.5) is 5.69 Å². The van der Waals surface area contributed by atoms with E-state index in [1.54, 1.807) is 35.2 Å². The molecule has 2 heterocycles. The number of phenols is 1. The van der Waals surface area contributed by atoms with Gasteiger partial charge in [-0.2, -0.15) is 0 Å². The van der Waals surface area contributed by atoms with Crippen LogP contribution in [0.3, 0.4) is 0 Å². The number of anilines is 1. The van der Waals surface area contributed by atoms with E-state index in [0.29, 0.717) is 17.0 Å². The van der Waals surface area contributed by atoms with Crippen molar-refractivity contribution < 1.29 is 14.3 Å². The molecular formula is C27H18BrNO3. The van der Waals surface area contributed by atoms with Crippen LogP contribution in [-0.4, -0.2) is 11.0 Å². The van der Waals surface area contributed by atoms with Gasteiger partial charge in [-0.05, 0) is 54.1 Å². The van der Waals surface area contributed by atoms with Crippen molar-refractivity contribution in [2.75, 3.05) is 4.90 Å². The maximum Gasteiger partial charge on any atom is 0.263 e. The minimum atomic E-state index is -0.184. The van der Waals surface area contributed by atoms with Crippen LogP contribution in [0.2, 0.25) is 0 Å². The number of rotatable bonds is 4. The van der Waals surface area contributed by atoms with E-state index < -0.39 is 0 Å². The highest BCUT2D eigenvalue weighted by Gasteiger charge is 2.30. The Balaban J connectivity index is 1.54. The predicted octanol–water partition coefficient (Wildman–Crippen LogP) is 6.89. The first-order chi connectivity index (χ1) is 15.6. The normalized spacial score (nSPS) is 14.8. The number of halogens is 1. The molecule has 0 fully saturated rings. The summed E-state index contributed by atoms with van der Waals surface area (Å²) in [7, 11) is 0. The Bertz CT molecular complexity index is 1350. The first-order valence-electron chi connectivity index (χ1n) is 10.1. The van der Waals surface area contributed by atoms with E-state index in [9.17, 15) is 9.90 Å². The molecular weight excluding hydrogens is 466 g/mol. The third-order valence-electron chi connectivity index (χ3n) is 5.19. The van der Waals surface area contributed by atoms with Crippen molar-refractivity contribution in [3.05, 3.63) is 118 Å². The van der Waals surface area contributed by atoms with Gasteiger partial charge in [0.15, 0.2) is 0 Å². The Labute approximate surface area is 193 Å². The maximum absolute atomic E-state index is 13.4. The molecule has 0 unspecified atom stereocenters. The molecule has 156 valence electrons. The summed E-state index contributed by atoms with van der Waals surface area (Å²) < 4.78 is 6.99. The maximum atomic E-state index is 13.4. The molecule has 1 aromatic heterocycles. The zero-order valence-corrected chi connectivity index (χ0v) is 18.5. The number of furan rings is 1. The van der Waals surface area contributed by atoms with Gasteiger partial charge in [-0.15, -0.1) is 0 Å². The van der Waals surface area contributed by atoms with Crippen molar-refractivity contribution in [2.24, 2.45) is 0 Å². The Morgan fingerprint density at radius 3 is 2.38 bits per heavy atom. The summed E-state index contributed by atoms with van der Waals surface area (Å²) in [6.07, 6.45) is 3.60. The summed E-state index contributed by atoms with van der Waals surface area (Å²) >= 11 is 3.44. The fourth-order valence-corrected chi connectivity index (χ4v) is 3.94. The summed E-state index contributed by atoms with van der Waals surface area (Å²) in [6, 6.07) is 28.0. The standard InChI is InChI=1S/C27H18BrNO3/c28-21-11-9-19(10-12-21)26-14-13-24(32-26)15-20-16-25(18-5-2-1-3-6-18)29(27(20)31)22-7-4-8-23(30)17-22/h1-17,30H/b20-15+. The van der Waals surface area contributed by atoms with Crippen LogP contribution in [0.5, 0.6) is 5.75 Å². The van der Waals surface area contributed by atoms with Gasteiger partial charge in [0.2, 0.25) is 0 Å². The molecule has 0 spiro atoms. The first-order valence-corrected chi connectivity index (χ1v) is 10.9. The lowest BCUT2D eigenvalue weighted by Gasteiger charge is -2.21. The first kappa shape index (κ1) is 20.1. The van der Waals surface area contributed by atoms with Gasteiger partial charge in [-0.1, -0.05) is 64.5 Å². The van der Waals surface area contributed by atoms with Crippen LogP contribution >= 0.6 is 15.9 Å². The quantitative estimate of drug-likeness (QED) is 0.321. The van der Waals surface area contributed by atoms with Crippen molar-refractivity contribution in [1.82, 2.24) is 0 Å². The number of benzene rings is 3. The SMILES string of the molecule is O=C1/C(=C/c2ccc(-c3ccc(Br)cc3)o2)C=C(c2ccccc2)N1c1cccc(O)c1. The number of nitrogens with zero attached hydrogens (tertiary/aromatic N) is 1. The molecule has 0 radical (unpaired) electrons. The van der Waals surface area contributed by atoms with Crippen molar-refractivity contribution in [3.63, 3.8) is 0 Å². The molecule has 0 aliphatic carbocycles. The predicted molar refractivity (Wildman–Crippen MR) is 130 cm³/mol. The van der Waals surface area contributed by atoms with Gasteiger partial charge in [-0.25, -0.2) is 0 Å². The molecule has 4 nitrogen and oxygen atoms in total. The highest BCUT2D eigenvalue weighted by atomic mass is 79.9. The van der Waals surface area contributed by atoms with E-state index in [1.165, 1.54) is 0 Å². The topological polar surface area (TPSA) is 53.7 Å². The lowest BCUT2D eigenvalue weighted by Crippen LogP contribution is -2.24. The summed E-state index contributed by atoms with van der Waals surface area (Å²) in [5.74, 6) is 1.24. The molecule has 32 heavy (non-hydrogen) atoms. The molecule has 5 rings (SSSR count). The van der Waals surface area contributed by atoms with Gasteiger partial charge >= 0.3 is 0 Å². The number of carbonyl (C=O) groups is 1. The fraction of sp³-hybridized carbons (Fsp3) is 0. The molecule has 5 heteroatoms. The summed E-state index contributed by atoms with van der Waals surface area (Å²) in [5, 5.41) is 9.96. The zero-order chi connectivity index (χ0) is 22.1. The number of phenolic OH excluding ortho intramolecular Hbond substituents is 1. The van der Waals surface area contributed by atoms with Gasteiger partial charge in [0, 0.05) is 21.7 Å². The van der Waals surface area contributed by atoms with E-state index >= 15 is 0 Å². The van der Waals surface area contributed by atoms with Crippen molar-refractivity contribution in [1.29, 1.82) is 0 Å². The number of amides is 1. The van der Waals surface area contributed by atoms with E-state index in [0.717, 1.165) is 27.1 Å². The van der Waals surface area contributed by atoms with Crippen molar-refractivity contribution in [2.45, 2.75) is 0 Å². The minimum absolute atomic E-state index is 0.102.